The number of rotatable bonds is 4. The summed E-state index contributed by atoms with van der Waals surface area (Å²) in [6.07, 6.45) is -0.283. The van der Waals surface area contributed by atoms with Crippen LogP contribution >= 0.6 is 0 Å². The van der Waals surface area contributed by atoms with Crippen molar-refractivity contribution in [3.8, 4) is 0 Å². The topological polar surface area (TPSA) is 89.7 Å². The summed E-state index contributed by atoms with van der Waals surface area (Å²) in [6.45, 7) is 2.55. The second kappa shape index (κ2) is 6.01. The highest BCUT2D eigenvalue weighted by molar-refractivity contribution is 7.89. The molecule has 1 aliphatic rings. The Morgan fingerprint density at radius 2 is 2.25 bits per heavy atom. The van der Waals surface area contributed by atoms with Gasteiger partial charge in [0.1, 0.15) is 0 Å². The molecule has 1 heterocycles. The quantitative estimate of drug-likeness (QED) is 0.804. The number of hydrogen-bond donors (Lipinski definition) is 1. The summed E-state index contributed by atoms with van der Waals surface area (Å²) >= 11 is 0. The molecular formula is C13H18N2O4S. The van der Waals surface area contributed by atoms with E-state index < -0.39 is 10.0 Å². The summed E-state index contributed by atoms with van der Waals surface area (Å²) < 4.78 is 31.8. The van der Waals surface area contributed by atoms with E-state index in [0.717, 1.165) is 0 Å². The van der Waals surface area contributed by atoms with E-state index in [-0.39, 0.29) is 29.9 Å². The maximum Gasteiger partial charge on any atom is 0.243 e. The van der Waals surface area contributed by atoms with Crippen molar-refractivity contribution in [2.45, 2.75) is 17.9 Å². The molecule has 0 amide bonds. The normalized spacial score (nSPS) is 20.8. The van der Waals surface area contributed by atoms with Gasteiger partial charge in [0.2, 0.25) is 10.0 Å². The first kappa shape index (κ1) is 15.1. The van der Waals surface area contributed by atoms with E-state index in [0.29, 0.717) is 18.7 Å². The largest absolute Gasteiger partial charge is 0.374 e. The van der Waals surface area contributed by atoms with E-state index in [9.17, 15) is 13.2 Å². The number of nitrogens with zero attached hydrogens (tertiary/aromatic N) is 1. The fraction of sp³-hybridized carbons (Fsp3) is 0.462. The monoisotopic (exact) mass is 298 g/mol. The van der Waals surface area contributed by atoms with Crippen LogP contribution in [0.5, 0.6) is 0 Å². The van der Waals surface area contributed by atoms with Crippen LogP contribution in [0.4, 0.5) is 0 Å². The Morgan fingerprint density at radius 3 is 2.90 bits per heavy atom. The number of nitrogens with two attached hydrogens (primary N) is 1. The predicted octanol–water partition coefficient (Wildman–Crippen LogP) is 0.237. The summed E-state index contributed by atoms with van der Waals surface area (Å²) in [6, 6.07) is 6.08. The van der Waals surface area contributed by atoms with Crippen molar-refractivity contribution in [3.63, 3.8) is 0 Å². The lowest BCUT2D eigenvalue weighted by Crippen LogP contribution is -2.48. The fourth-order valence-corrected chi connectivity index (χ4v) is 3.58. The number of Topliss-reactive ketones (excluding diaryl/α,β-unsaturated/α-hetero) is 1. The molecule has 1 saturated heterocycles. The van der Waals surface area contributed by atoms with Gasteiger partial charge in [0.25, 0.3) is 0 Å². The lowest BCUT2D eigenvalue weighted by molar-refractivity contribution is 0.00450. The Hall–Kier alpha value is -1.28. The van der Waals surface area contributed by atoms with Gasteiger partial charge in [0.15, 0.2) is 5.78 Å². The van der Waals surface area contributed by atoms with Crippen molar-refractivity contribution < 1.29 is 17.9 Å². The smallest absolute Gasteiger partial charge is 0.243 e. The van der Waals surface area contributed by atoms with Crippen LogP contribution in [0.1, 0.15) is 17.3 Å². The van der Waals surface area contributed by atoms with Crippen molar-refractivity contribution >= 4 is 15.8 Å². The molecule has 0 spiro atoms. The zero-order valence-electron chi connectivity index (χ0n) is 11.3. The van der Waals surface area contributed by atoms with E-state index in [1.807, 2.05) is 0 Å². The lowest BCUT2D eigenvalue weighted by Gasteiger charge is -2.31. The summed E-state index contributed by atoms with van der Waals surface area (Å²) in [5.74, 6) is -0.163. The molecule has 1 atom stereocenters. The minimum atomic E-state index is -3.62. The van der Waals surface area contributed by atoms with E-state index >= 15 is 0 Å². The van der Waals surface area contributed by atoms with E-state index in [4.69, 9.17) is 10.5 Å². The summed E-state index contributed by atoms with van der Waals surface area (Å²) in [4.78, 5) is 11.5. The van der Waals surface area contributed by atoms with Gasteiger partial charge in [0, 0.05) is 25.2 Å². The molecule has 20 heavy (non-hydrogen) atoms. The van der Waals surface area contributed by atoms with Crippen LogP contribution < -0.4 is 5.73 Å². The van der Waals surface area contributed by atoms with Gasteiger partial charge in [-0.1, -0.05) is 12.1 Å². The Balaban J connectivity index is 2.30. The van der Waals surface area contributed by atoms with Gasteiger partial charge in [-0.25, -0.2) is 8.42 Å². The molecule has 1 unspecified atom stereocenters. The van der Waals surface area contributed by atoms with Crippen molar-refractivity contribution in [2.24, 2.45) is 5.73 Å². The van der Waals surface area contributed by atoms with Gasteiger partial charge >= 0.3 is 0 Å². The van der Waals surface area contributed by atoms with E-state index in [1.165, 1.54) is 23.4 Å². The SMILES string of the molecule is CC(=O)c1cccc(S(=O)(=O)N2CCOC(CN)C2)c1. The van der Waals surface area contributed by atoms with Gasteiger partial charge in [0.05, 0.1) is 17.6 Å². The molecule has 1 aromatic carbocycles. The van der Waals surface area contributed by atoms with Gasteiger partial charge in [-0.3, -0.25) is 4.79 Å². The number of ketones is 1. The third-order valence-electron chi connectivity index (χ3n) is 3.24. The van der Waals surface area contributed by atoms with Crippen LogP contribution in [0.15, 0.2) is 29.2 Å². The highest BCUT2D eigenvalue weighted by Crippen LogP contribution is 2.19. The summed E-state index contributed by atoms with van der Waals surface area (Å²) in [7, 11) is -3.62. The first-order chi connectivity index (χ1) is 9.45. The Bertz CT molecular complexity index is 600. The average Bonchev–Trinajstić information content (AvgIpc) is 2.47. The molecule has 0 radical (unpaired) electrons. The Morgan fingerprint density at radius 1 is 1.50 bits per heavy atom. The van der Waals surface area contributed by atoms with Gasteiger partial charge in [-0.05, 0) is 19.1 Å². The number of benzene rings is 1. The number of sulfonamides is 1. The predicted molar refractivity (Wildman–Crippen MR) is 74.0 cm³/mol. The van der Waals surface area contributed by atoms with Crippen molar-refractivity contribution in [3.05, 3.63) is 29.8 Å². The van der Waals surface area contributed by atoms with Crippen molar-refractivity contribution in [1.29, 1.82) is 0 Å². The average molecular weight is 298 g/mol. The van der Waals surface area contributed by atoms with Crippen LogP contribution in [0.3, 0.4) is 0 Å². The third-order valence-corrected chi connectivity index (χ3v) is 5.10. The third kappa shape index (κ3) is 3.06. The minimum absolute atomic E-state index is 0.128. The number of ether oxygens (including phenoxy) is 1. The lowest BCUT2D eigenvalue weighted by atomic mass is 10.2. The molecule has 1 aliphatic heterocycles. The molecule has 110 valence electrons. The number of carbonyl (C=O) groups excluding carboxylic acids is 1. The molecule has 0 aromatic heterocycles. The first-order valence-corrected chi connectivity index (χ1v) is 7.82. The zero-order chi connectivity index (χ0) is 14.8. The molecule has 0 bridgehead atoms. The second-order valence-corrected chi connectivity index (χ2v) is 6.61. The molecular weight excluding hydrogens is 280 g/mol. The van der Waals surface area contributed by atoms with Crippen LogP contribution in [0.2, 0.25) is 0 Å². The number of hydrogen-bond acceptors (Lipinski definition) is 5. The molecule has 2 N–H and O–H groups in total. The molecule has 6 nitrogen and oxygen atoms in total. The van der Waals surface area contributed by atoms with Crippen LogP contribution in [-0.2, 0) is 14.8 Å². The number of carbonyl (C=O) groups is 1. The van der Waals surface area contributed by atoms with Gasteiger partial charge in [-0.2, -0.15) is 4.31 Å². The van der Waals surface area contributed by atoms with E-state index in [1.54, 1.807) is 12.1 Å². The second-order valence-electron chi connectivity index (χ2n) is 4.68. The summed E-state index contributed by atoms with van der Waals surface area (Å²) in [5.41, 5.74) is 5.90. The van der Waals surface area contributed by atoms with E-state index in [2.05, 4.69) is 0 Å². The van der Waals surface area contributed by atoms with Crippen LogP contribution in [0, 0.1) is 0 Å². The van der Waals surface area contributed by atoms with Gasteiger partial charge < -0.3 is 10.5 Å². The molecule has 0 aliphatic carbocycles. The van der Waals surface area contributed by atoms with Crippen molar-refractivity contribution in [2.75, 3.05) is 26.2 Å². The molecule has 1 aromatic rings. The Kier molecular flexibility index (Phi) is 4.54. The van der Waals surface area contributed by atoms with Crippen LogP contribution in [-0.4, -0.2) is 50.9 Å². The molecule has 1 fully saturated rings. The Labute approximate surface area is 118 Å². The van der Waals surface area contributed by atoms with Crippen LogP contribution in [0.25, 0.3) is 0 Å². The molecule has 7 heteroatoms. The summed E-state index contributed by atoms with van der Waals surface area (Å²) in [5, 5.41) is 0. The maximum atomic E-state index is 12.5. The number of morpholine rings is 1. The molecule has 2 rings (SSSR count). The maximum absolute atomic E-state index is 12.5. The van der Waals surface area contributed by atoms with Gasteiger partial charge in [-0.15, -0.1) is 0 Å². The minimum Gasteiger partial charge on any atom is -0.374 e. The standard InChI is InChI=1S/C13H18N2O4S/c1-10(16)11-3-2-4-13(7-11)20(17,18)15-5-6-19-12(8-14)9-15/h2-4,7,12H,5-6,8-9,14H2,1H3. The highest BCUT2D eigenvalue weighted by Gasteiger charge is 2.30. The zero-order valence-corrected chi connectivity index (χ0v) is 12.1. The first-order valence-electron chi connectivity index (χ1n) is 6.38. The van der Waals surface area contributed by atoms with Crippen molar-refractivity contribution in [1.82, 2.24) is 4.31 Å². The highest BCUT2D eigenvalue weighted by atomic mass is 32.2. The molecule has 0 saturated carbocycles. The fourth-order valence-electron chi connectivity index (χ4n) is 2.08.